The molecule has 0 bridgehead atoms. The van der Waals surface area contributed by atoms with Crippen LogP contribution in [0.15, 0.2) is 175 Å². The van der Waals surface area contributed by atoms with E-state index < -0.39 is 76.0 Å². The molecule has 9 rings (SSSR count). The van der Waals surface area contributed by atoms with Gasteiger partial charge in [0.05, 0.1) is 62.7 Å². The van der Waals surface area contributed by atoms with Gasteiger partial charge in [0.15, 0.2) is 14.7 Å². The van der Waals surface area contributed by atoms with Crippen LogP contribution in [0.5, 0.6) is 0 Å². The predicted octanol–water partition coefficient (Wildman–Crippen LogP) is 11.0. The zero-order valence-corrected chi connectivity index (χ0v) is 45.1. The van der Waals surface area contributed by atoms with Gasteiger partial charge >= 0.3 is 0 Å². The fourth-order valence-corrected chi connectivity index (χ4v) is 14.3. The third-order valence-electron chi connectivity index (χ3n) is 12.5. The third kappa shape index (κ3) is 10.7. The summed E-state index contributed by atoms with van der Waals surface area (Å²) in [6.07, 6.45) is 4.35. The first kappa shape index (κ1) is 56.7. The number of hydrogen-bond acceptors (Lipinski definition) is 18. The van der Waals surface area contributed by atoms with E-state index in [1.807, 2.05) is 41.5 Å². The van der Waals surface area contributed by atoms with Crippen LogP contribution in [0.3, 0.4) is 0 Å². The lowest BCUT2D eigenvalue weighted by molar-refractivity contribution is -0.386. The topological polar surface area (TPSA) is 349 Å². The number of nitrogens with two attached hydrogens (primary N) is 3. The molecule has 0 amide bonds. The Kier molecular flexibility index (Phi) is 16.2. The Balaban J connectivity index is 0.000000170. The van der Waals surface area contributed by atoms with Crippen LogP contribution in [0.2, 0.25) is 0 Å². The molecular weight excluding hydrogens is 1060 g/mol. The summed E-state index contributed by atoms with van der Waals surface area (Å²) in [5.74, 6) is -0.210. The Morgan fingerprint density at radius 2 is 0.603 bits per heavy atom. The number of fused-ring (bicyclic) bond motifs is 3. The van der Waals surface area contributed by atoms with Crippen LogP contribution < -0.4 is 17.2 Å². The van der Waals surface area contributed by atoms with Crippen molar-refractivity contribution in [3.8, 4) is 0 Å². The normalized spacial score (nSPS) is 11.8. The number of nitrogens with zero attached hydrogens (tertiary/aromatic N) is 6. The van der Waals surface area contributed by atoms with Gasteiger partial charge in [0, 0.05) is 18.6 Å². The molecule has 6 N–H and O–H groups in total. The predicted molar refractivity (Wildman–Crippen MR) is 296 cm³/mol. The van der Waals surface area contributed by atoms with Crippen molar-refractivity contribution in [1.82, 2.24) is 15.0 Å². The van der Waals surface area contributed by atoms with E-state index in [9.17, 15) is 55.6 Å². The molecular formula is C54H51N9O12S3. The van der Waals surface area contributed by atoms with Crippen molar-refractivity contribution in [3.05, 3.63) is 193 Å². The minimum atomic E-state index is -4.15. The highest BCUT2D eigenvalue weighted by Crippen LogP contribution is 2.43. The first-order chi connectivity index (χ1) is 36.7. The fourth-order valence-electron chi connectivity index (χ4n) is 8.85. The molecule has 0 unspecified atom stereocenters. The fraction of sp³-hybridized carbons (Fsp3) is 0.167. The highest BCUT2D eigenvalue weighted by molar-refractivity contribution is 7.92. The molecule has 78 heavy (non-hydrogen) atoms. The summed E-state index contributed by atoms with van der Waals surface area (Å²) in [6, 6.07) is 31.7. The molecule has 21 nitrogen and oxygen atoms in total. The maximum absolute atomic E-state index is 13.3. The second-order valence-corrected chi connectivity index (χ2v) is 24.2. The lowest BCUT2D eigenvalue weighted by Gasteiger charge is -2.14. The Morgan fingerprint density at radius 1 is 0.372 bits per heavy atom. The molecule has 3 heterocycles. The first-order valence-corrected chi connectivity index (χ1v) is 28.2. The number of pyridine rings is 3. The van der Waals surface area contributed by atoms with Gasteiger partial charge in [-0.3, -0.25) is 45.3 Å². The van der Waals surface area contributed by atoms with Gasteiger partial charge in [0.25, 0.3) is 17.1 Å². The molecule has 9 aromatic rings. The molecule has 0 aliphatic heterocycles. The van der Waals surface area contributed by atoms with Crippen LogP contribution in [0, 0.1) is 30.3 Å². The van der Waals surface area contributed by atoms with Gasteiger partial charge in [-0.15, -0.1) is 0 Å². The number of nitro groups is 3. The average molecular weight is 1110 g/mol. The van der Waals surface area contributed by atoms with Gasteiger partial charge in [-0.2, -0.15) is 0 Å². The van der Waals surface area contributed by atoms with Crippen molar-refractivity contribution in [1.29, 1.82) is 0 Å². The number of anilines is 3. The zero-order chi connectivity index (χ0) is 57.2. The van der Waals surface area contributed by atoms with Crippen molar-refractivity contribution < 1.29 is 40.0 Å². The maximum Gasteiger partial charge on any atom is 0.297 e. The lowest BCUT2D eigenvalue weighted by Crippen LogP contribution is -2.10. The van der Waals surface area contributed by atoms with Gasteiger partial charge in [-0.05, 0) is 107 Å². The monoisotopic (exact) mass is 1110 g/mol. The van der Waals surface area contributed by atoms with Gasteiger partial charge < -0.3 is 17.2 Å². The smallest absolute Gasteiger partial charge is 0.297 e. The molecule has 0 aliphatic carbocycles. The summed E-state index contributed by atoms with van der Waals surface area (Å²) < 4.78 is 79.8. The maximum atomic E-state index is 13.3. The molecule has 402 valence electrons. The Morgan fingerprint density at radius 3 is 0.821 bits per heavy atom. The zero-order valence-electron chi connectivity index (χ0n) is 42.6. The van der Waals surface area contributed by atoms with Crippen molar-refractivity contribution in [2.45, 2.75) is 88.7 Å². The number of nitrogen functional groups attached to an aromatic ring is 3. The van der Waals surface area contributed by atoms with Crippen LogP contribution >= 0.6 is 0 Å². The largest absolute Gasteiger partial charge is 0.397 e. The minimum absolute atomic E-state index is 0.0424. The molecule has 0 spiro atoms. The van der Waals surface area contributed by atoms with Crippen LogP contribution in [0.4, 0.5) is 34.1 Å². The van der Waals surface area contributed by atoms with E-state index in [4.69, 9.17) is 17.2 Å². The number of benzene rings is 6. The lowest BCUT2D eigenvalue weighted by atomic mass is 10.0. The molecule has 0 aliphatic rings. The van der Waals surface area contributed by atoms with Crippen molar-refractivity contribution in [2.24, 2.45) is 0 Å². The first-order valence-electron chi connectivity index (χ1n) is 23.7. The van der Waals surface area contributed by atoms with Crippen molar-refractivity contribution in [3.63, 3.8) is 0 Å². The average Bonchev–Trinajstić information content (AvgIpc) is 3.53. The summed E-state index contributed by atoms with van der Waals surface area (Å²) in [6.45, 7) is 11.2. The molecule has 0 saturated carbocycles. The van der Waals surface area contributed by atoms with Crippen LogP contribution in [-0.2, 0) is 29.5 Å². The van der Waals surface area contributed by atoms with E-state index >= 15 is 0 Å². The van der Waals surface area contributed by atoms with Crippen LogP contribution in [-0.4, -0.2) is 55.0 Å². The second-order valence-electron chi connectivity index (χ2n) is 18.5. The molecule has 6 aromatic carbocycles. The molecule has 24 heteroatoms. The van der Waals surface area contributed by atoms with E-state index in [1.165, 1.54) is 73.2 Å². The quantitative estimate of drug-likeness (QED) is 0.0581. The Bertz CT molecular complexity index is 3800. The van der Waals surface area contributed by atoms with Gasteiger partial charge in [-0.25, -0.2) is 25.3 Å². The molecule has 0 fully saturated rings. The van der Waals surface area contributed by atoms with Crippen LogP contribution in [0.1, 0.15) is 76.0 Å². The Labute approximate surface area is 448 Å². The van der Waals surface area contributed by atoms with E-state index in [0.717, 1.165) is 18.2 Å². The van der Waals surface area contributed by atoms with Gasteiger partial charge in [-0.1, -0.05) is 96.1 Å². The SMILES string of the molecule is CC(C)c1ccccc1S(=O)(=O)c1cc(N)c2ncccc2c1[N+](=O)[O-].CC(C)c1ccccc1S(=O)(=O)c1cc(N)c2ncccc2c1[N+](=O)[O-].CC(C)c1ccccc1S(=O)(=O)c1cc(N)c2ncccc2c1[N+](=O)[O-]. The summed E-state index contributed by atoms with van der Waals surface area (Å²) >= 11 is 0. The van der Waals surface area contributed by atoms with Gasteiger partial charge in [0.1, 0.15) is 16.6 Å². The number of hydrogen-bond donors (Lipinski definition) is 3. The molecule has 0 radical (unpaired) electrons. The third-order valence-corrected chi connectivity index (χ3v) is 18.0. The number of aromatic nitrogens is 3. The number of sulfone groups is 3. The molecule has 0 atom stereocenters. The number of rotatable bonds is 12. The molecule has 3 aromatic heterocycles. The van der Waals surface area contributed by atoms with E-state index in [1.54, 1.807) is 54.6 Å². The van der Waals surface area contributed by atoms with E-state index in [2.05, 4.69) is 15.0 Å². The second kappa shape index (κ2) is 22.3. The van der Waals surface area contributed by atoms with Crippen molar-refractivity contribution >= 4 is 96.3 Å². The van der Waals surface area contributed by atoms with E-state index in [-0.39, 0.29) is 82.2 Å². The summed E-state index contributed by atoms with van der Waals surface area (Å²) in [7, 11) is -12.5. The highest BCUT2D eigenvalue weighted by Gasteiger charge is 2.36. The summed E-state index contributed by atoms with van der Waals surface area (Å²) in [5.41, 5.74) is 18.9. The van der Waals surface area contributed by atoms with Crippen molar-refractivity contribution in [2.75, 3.05) is 17.2 Å². The van der Waals surface area contributed by atoms with Gasteiger partial charge in [0.2, 0.25) is 29.5 Å². The summed E-state index contributed by atoms with van der Waals surface area (Å²) in [5, 5.41) is 35.4. The number of nitro benzene ring substituents is 3. The summed E-state index contributed by atoms with van der Waals surface area (Å²) in [4.78, 5) is 44.0. The van der Waals surface area contributed by atoms with E-state index in [0.29, 0.717) is 16.7 Å². The standard InChI is InChI=1S/3C18H17N3O4S/c3*1-11(2)12-6-3-4-8-15(12)26(24,25)16-10-14(19)17-13(7-5-9-20-17)18(16)21(22)23/h3*3-11H,19H2,1-2H3. The van der Waals surface area contributed by atoms with Crippen LogP contribution in [0.25, 0.3) is 32.7 Å². The minimum Gasteiger partial charge on any atom is -0.397 e. The Hall–Kier alpha value is -9.00. The molecule has 0 saturated heterocycles. The highest BCUT2D eigenvalue weighted by atomic mass is 32.2.